The molecule has 2 aromatic carbocycles. The van der Waals surface area contributed by atoms with E-state index >= 15 is 0 Å². The highest BCUT2D eigenvalue weighted by Crippen LogP contribution is 2.38. The molecule has 1 aliphatic carbocycles. The van der Waals surface area contributed by atoms with Crippen molar-refractivity contribution in [3.8, 4) is 0 Å². The number of rotatable bonds is 4. The largest absolute Gasteiger partial charge is 0.373 e. The van der Waals surface area contributed by atoms with Crippen LogP contribution in [0.15, 0.2) is 42.5 Å². The monoisotopic (exact) mass is 379 g/mol. The van der Waals surface area contributed by atoms with Crippen LogP contribution in [-0.2, 0) is 16.0 Å². The van der Waals surface area contributed by atoms with E-state index in [0.717, 1.165) is 29.7 Å². The number of fused-ring (bicyclic) bond motifs is 1. The highest BCUT2D eigenvalue weighted by molar-refractivity contribution is 6.21. The summed E-state index contributed by atoms with van der Waals surface area (Å²) in [6.45, 7) is 1.69. The van der Waals surface area contributed by atoms with Crippen molar-refractivity contribution in [2.75, 3.05) is 10.2 Å². The van der Waals surface area contributed by atoms with Gasteiger partial charge in [0.2, 0.25) is 11.8 Å². The van der Waals surface area contributed by atoms with Crippen LogP contribution in [0.3, 0.4) is 0 Å². The molecule has 0 saturated carbocycles. The number of hydrogen-bond donors (Lipinski definition) is 1. The Morgan fingerprint density at radius 3 is 2.68 bits per heavy atom. The number of nitrogens with one attached hydrogen (secondary N) is 1. The predicted octanol–water partition coefficient (Wildman–Crippen LogP) is 3.98. The van der Waals surface area contributed by atoms with Gasteiger partial charge in [-0.25, -0.2) is 0 Å². The molecule has 7 nitrogen and oxygen atoms in total. The zero-order chi connectivity index (χ0) is 19.8. The molecule has 4 rings (SSSR count). The maximum Gasteiger partial charge on any atom is 0.294 e. The van der Waals surface area contributed by atoms with Gasteiger partial charge in [-0.3, -0.25) is 24.6 Å². The van der Waals surface area contributed by atoms with Crippen LogP contribution in [-0.4, -0.2) is 16.7 Å². The number of carbonyl (C=O) groups is 2. The van der Waals surface area contributed by atoms with Gasteiger partial charge in [0, 0.05) is 18.4 Å². The van der Waals surface area contributed by atoms with Crippen molar-refractivity contribution in [3.05, 3.63) is 63.7 Å². The fourth-order valence-electron chi connectivity index (χ4n) is 4.08. The number of nitro groups is 1. The third kappa shape index (κ3) is 3.13. The molecule has 1 heterocycles. The van der Waals surface area contributed by atoms with Crippen LogP contribution in [0.25, 0.3) is 0 Å². The molecule has 0 radical (unpaired) electrons. The first-order valence-corrected chi connectivity index (χ1v) is 9.45. The number of hydrogen-bond acceptors (Lipinski definition) is 5. The minimum Gasteiger partial charge on any atom is -0.373 e. The van der Waals surface area contributed by atoms with E-state index in [1.807, 2.05) is 12.1 Å². The first-order chi connectivity index (χ1) is 13.5. The number of benzene rings is 2. The van der Waals surface area contributed by atoms with E-state index in [0.29, 0.717) is 5.69 Å². The van der Waals surface area contributed by atoms with Crippen molar-refractivity contribution in [2.45, 2.75) is 38.6 Å². The first-order valence-electron chi connectivity index (χ1n) is 9.45. The Labute approximate surface area is 162 Å². The molecule has 0 bridgehead atoms. The molecule has 0 aromatic heterocycles. The summed E-state index contributed by atoms with van der Waals surface area (Å²) in [5, 5.41) is 15.0. The van der Waals surface area contributed by atoms with Crippen molar-refractivity contribution >= 4 is 28.9 Å². The molecule has 144 valence electrons. The molecule has 7 heteroatoms. The second-order valence-electron chi connectivity index (χ2n) is 7.42. The molecule has 2 unspecified atom stereocenters. The second-order valence-corrected chi connectivity index (χ2v) is 7.42. The van der Waals surface area contributed by atoms with Gasteiger partial charge in [-0.2, -0.15) is 0 Å². The van der Waals surface area contributed by atoms with Crippen molar-refractivity contribution in [1.82, 2.24) is 0 Å². The molecule has 1 saturated heterocycles. The minimum atomic E-state index is -0.477. The van der Waals surface area contributed by atoms with Crippen molar-refractivity contribution < 1.29 is 14.5 Å². The molecule has 2 aromatic rings. The van der Waals surface area contributed by atoms with Crippen molar-refractivity contribution in [2.24, 2.45) is 5.92 Å². The summed E-state index contributed by atoms with van der Waals surface area (Å²) >= 11 is 0. The lowest BCUT2D eigenvalue weighted by atomic mass is 9.87. The number of nitrogens with zero attached hydrogens (tertiary/aromatic N) is 2. The lowest BCUT2D eigenvalue weighted by molar-refractivity contribution is -0.383. The van der Waals surface area contributed by atoms with Gasteiger partial charge >= 0.3 is 0 Å². The van der Waals surface area contributed by atoms with Crippen LogP contribution in [0.2, 0.25) is 0 Å². The third-order valence-corrected chi connectivity index (χ3v) is 5.51. The Balaban J connectivity index is 1.67. The second kappa shape index (κ2) is 7.07. The average Bonchev–Trinajstić information content (AvgIpc) is 2.94. The molecular weight excluding hydrogens is 358 g/mol. The highest BCUT2D eigenvalue weighted by atomic mass is 16.6. The first kappa shape index (κ1) is 18.2. The van der Waals surface area contributed by atoms with E-state index in [2.05, 4.69) is 17.4 Å². The van der Waals surface area contributed by atoms with Crippen LogP contribution in [0.1, 0.15) is 43.4 Å². The quantitative estimate of drug-likeness (QED) is 0.493. The van der Waals surface area contributed by atoms with E-state index < -0.39 is 10.8 Å². The molecular formula is C21H21N3O4. The SMILES string of the molecule is CC1CC(=O)N(c2ccc(NC3CCCc4ccccc43)c([N+](=O)[O-])c2)C1=O. The predicted molar refractivity (Wildman–Crippen MR) is 105 cm³/mol. The molecule has 28 heavy (non-hydrogen) atoms. The summed E-state index contributed by atoms with van der Waals surface area (Å²) in [5.74, 6) is -1.04. The average molecular weight is 379 g/mol. The summed E-state index contributed by atoms with van der Waals surface area (Å²) in [5.41, 5.74) is 2.92. The fraction of sp³-hybridized carbons (Fsp3) is 0.333. The Kier molecular flexibility index (Phi) is 4.58. The van der Waals surface area contributed by atoms with Gasteiger partial charge in [-0.05, 0) is 42.5 Å². The van der Waals surface area contributed by atoms with Gasteiger partial charge in [0.1, 0.15) is 5.69 Å². The number of amides is 2. The fourth-order valence-corrected chi connectivity index (χ4v) is 4.08. The molecule has 1 aliphatic heterocycles. The standard InChI is InChI=1S/C21H21N3O4/c1-13-11-20(25)23(21(13)26)15-9-10-18(19(12-15)24(27)28)22-17-8-4-6-14-5-2-3-7-16(14)17/h2-3,5,7,9-10,12-13,17,22H,4,6,8,11H2,1H3. The number of aryl methyl sites for hydroxylation is 1. The van der Waals surface area contributed by atoms with Gasteiger partial charge in [-0.1, -0.05) is 31.2 Å². The van der Waals surface area contributed by atoms with Gasteiger partial charge in [-0.15, -0.1) is 0 Å². The Morgan fingerprint density at radius 1 is 1.18 bits per heavy atom. The van der Waals surface area contributed by atoms with Gasteiger partial charge < -0.3 is 5.32 Å². The number of imide groups is 1. The minimum absolute atomic E-state index is 0.00965. The van der Waals surface area contributed by atoms with E-state index in [-0.39, 0.29) is 35.7 Å². The maximum absolute atomic E-state index is 12.3. The molecule has 1 N–H and O–H groups in total. The maximum atomic E-state index is 12.3. The van der Waals surface area contributed by atoms with Crippen LogP contribution in [0.5, 0.6) is 0 Å². The van der Waals surface area contributed by atoms with Gasteiger partial charge in [0.05, 0.1) is 16.7 Å². The Hall–Kier alpha value is -3.22. The van der Waals surface area contributed by atoms with E-state index in [4.69, 9.17) is 0 Å². The summed E-state index contributed by atoms with van der Waals surface area (Å²) in [4.78, 5) is 36.6. The molecule has 2 atom stereocenters. The smallest absolute Gasteiger partial charge is 0.294 e. The molecule has 2 amide bonds. The van der Waals surface area contributed by atoms with Crippen LogP contribution < -0.4 is 10.2 Å². The van der Waals surface area contributed by atoms with E-state index in [1.165, 1.54) is 11.6 Å². The topological polar surface area (TPSA) is 92.6 Å². The van der Waals surface area contributed by atoms with Crippen LogP contribution >= 0.6 is 0 Å². The van der Waals surface area contributed by atoms with Crippen LogP contribution in [0.4, 0.5) is 17.1 Å². The third-order valence-electron chi connectivity index (χ3n) is 5.51. The zero-order valence-electron chi connectivity index (χ0n) is 15.6. The van der Waals surface area contributed by atoms with Gasteiger partial charge in [0.25, 0.3) is 5.69 Å². The van der Waals surface area contributed by atoms with E-state index in [1.54, 1.807) is 19.1 Å². The lowest BCUT2D eigenvalue weighted by Crippen LogP contribution is -2.30. The Bertz CT molecular complexity index is 972. The van der Waals surface area contributed by atoms with E-state index in [9.17, 15) is 19.7 Å². The van der Waals surface area contributed by atoms with Crippen molar-refractivity contribution in [3.63, 3.8) is 0 Å². The lowest BCUT2D eigenvalue weighted by Gasteiger charge is -2.27. The van der Waals surface area contributed by atoms with Crippen molar-refractivity contribution in [1.29, 1.82) is 0 Å². The van der Waals surface area contributed by atoms with Gasteiger partial charge in [0.15, 0.2) is 0 Å². The number of carbonyl (C=O) groups excluding carboxylic acids is 2. The summed E-state index contributed by atoms with van der Waals surface area (Å²) in [6.07, 6.45) is 3.03. The number of anilines is 2. The molecule has 1 fully saturated rings. The summed E-state index contributed by atoms with van der Waals surface area (Å²) in [6, 6.07) is 12.6. The molecule has 0 spiro atoms. The Morgan fingerprint density at radius 2 is 1.96 bits per heavy atom. The summed E-state index contributed by atoms with van der Waals surface area (Å²) < 4.78 is 0. The normalized spacial score (nSPS) is 21.5. The number of nitro benzene ring substituents is 1. The molecule has 2 aliphatic rings. The zero-order valence-corrected chi connectivity index (χ0v) is 15.6. The summed E-state index contributed by atoms with van der Waals surface area (Å²) in [7, 11) is 0. The van der Waals surface area contributed by atoms with Crippen LogP contribution in [0, 0.1) is 16.0 Å². The highest BCUT2D eigenvalue weighted by Gasteiger charge is 2.37.